The van der Waals surface area contributed by atoms with E-state index in [4.69, 9.17) is 0 Å². The van der Waals surface area contributed by atoms with Gasteiger partial charge < -0.3 is 5.32 Å². The molecule has 4 nitrogen and oxygen atoms in total. The average molecular weight is 384 g/mol. The summed E-state index contributed by atoms with van der Waals surface area (Å²) in [5, 5.41) is 3.89. The number of nitrogens with zero attached hydrogens (tertiary/aromatic N) is 2. The Bertz CT molecular complexity index is 805. The maximum Gasteiger partial charge on any atom is 0.329 e. The number of rotatable bonds is 5. The Morgan fingerprint density at radius 2 is 1.54 bits per heavy atom. The highest BCUT2D eigenvalue weighted by atomic mass is 16.1. The zero-order valence-electron chi connectivity index (χ0n) is 17.5. The van der Waals surface area contributed by atoms with Gasteiger partial charge in [-0.05, 0) is 70.0 Å². The van der Waals surface area contributed by atoms with Gasteiger partial charge in [-0.1, -0.05) is 44.2 Å². The summed E-state index contributed by atoms with van der Waals surface area (Å²) in [7, 11) is 0. The summed E-state index contributed by atoms with van der Waals surface area (Å²) in [6.45, 7) is 4.00. The predicted molar refractivity (Wildman–Crippen MR) is 117 cm³/mol. The molecule has 2 aliphatic carbocycles. The van der Waals surface area contributed by atoms with Gasteiger partial charge in [-0.25, -0.2) is 4.79 Å². The highest BCUT2D eigenvalue weighted by Crippen LogP contribution is 2.31. The lowest BCUT2D eigenvalue weighted by molar-refractivity contribution is 0.269. The molecule has 4 rings (SSSR count). The van der Waals surface area contributed by atoms with Gasteiger partial charge in [0, 0.05) is 18.6 Å². The van der Waals surface area contributed by atoms with Gasteiger partial charge in [0.2, 0.25) is 0 Å². The van der Waals surface area contributed by atoms with Crippen molar-refractivity contribution in [2.75, 3.05) is 6.54 Å². The Morgan fingerprint density at radius 3 is 2.21 bits per heavy atom. The van der Waals surface area contributed by atoms with Crippen molar-refractivity contribution in [1.82, 2.24) is 14.5 Å². The predicted octanol–water partition coefficient (Wildman–Crippen LogP) is 5.26. The Hall–Kier alpha value is -1.55. The van der Waals surface area contributed by atoms with Gasteiger partial charge in [-0.3, -0.25) is 9.13 Å². The third-order valence-electron chi connectivity index (χ3n) is 7.17. The third kappa shape index (κ3) is 4.22. The molecule has 0 unspecified atom stereocenters. The van der Waals surface area contributed by atoms with Crippen LogP contribution in [-0.4, -0.2) is 21.7 Å². The van der Waals surface area contributed by atoms with Crippen molar-refractivity contribution in [1.29, 1.82) is 0 Å². The van der Waals surface area contributed by atoms with Crippen LogP contribution >= 0.6 is 0 Å². The number of nitrogens with one attached hydrogen (secondary N) is 1. The van der Waals surface area contributed by atoms with E-state index in [1.165, 1.54) is 64.3 Å². The fourth-order valence-corrected chi connectivity index (χ4v) is 5.51. The molecule has 0 radical (unpaired) electrons. The Balaban J connectivity index is 1.36. The van der Waals surface area contributed by atoms with E-state index >= 15 is 0 Å². The highest BCUT2D eigenvalue weighted by Gasteiger charge is 2.26. The molecule has 1 aromatic heterocycles. The van der Waals surface area contributed by atoms with Crippen LogP contribution in [0.1, 0.15) is 83.6 Å². The summed E-state index contributed by atoms with van der Waals surface area (Å²) in [5.41, 5.74) is 2.37. The van der Waals surface area contributed by atoms with Crippen LogP contribution in [0.3, 0.4) is 0 Å². The first-order valence-corrected chi connectivity index (χ1v) is 11.7. The van der Waals surface area contributed by atoms with Crippen LogP contribution in [0.4, 0.5) is 0 Å². The molecule has 0 spiro atoms. The topological polar surface area (TPSA) is 39.0 Å². The molecule has 0 saturated heterocycles. The summed E-state index contributed by atoms with van der Waals surface area (Å²) >= 11 is 0. The molecule has 0 amide bonds. The molecule has 0 aliphatic heterocycles. The van der Waals surface area contributed by atoms with Gasteiger partial charge in [0.1, 0.15) is 0 Å². The first-order chi connectivity index (χ1) is 13.8. The van der Waals surface area contributed by atoms with Crippen molar-refractivity contribution in [3.63, 3.8) is 0 Å². The smallest absolute Gasteiger partial charge is 0.314 e. The lowest BCUT2D eigenvalue weighted by Crippen LogP contribution is -2.38. The lowest BCUT2D eigenvalue weighted by Gasteiger charge is -2.31. The molecular formula is C24H37N3O. The van der Waals surface area contributed by atoms with Crippen molar-refractivity contribution in [3.8, 4) is 0 Å². The van der Waals surface area contributed by atoms with E-state index in [2.05, 4.69) is 35.0 Å². The molecule has 0 bridgehead atoms. The molecule has 2 fully saturated rings. The SMILES string of the molecule is CCn1c(=O)n(C2CCC(NCC3CCCCCCC3)CC2)c2ccccc21. The number of imidazole rings is 1. The van der Waals surface area contributed by atoms with Crippen LogP contribution in [-0.2, 0) is 6.54 Å². The van der Waals surface area contributed by atoms with E-state index in [0.717, 1.165) is 36.3 Å². The van der Waals surface area contributed by atoms with Crippen LogP contribution in [0.5, 0.6) is 0 Å². The number of aryl methyl sites for hydroxylation is 1. The number of hydrogen-bond donors (Lipinski definition) is 1. The normalized spacial score (nSPS) is 24.9. The Kier molecular flexibility index (Phi) is 6.56. The van der Waals surface area contributed by atoms with Crippen LogP contribution < -0.4 is 11.0 Å². The Morgan fingerprint density at radius 1 is 0.893 bits per heavy atom. The number of benzene rings is 1. The summed E-state index contributed by atoms with van der Waals surface area (Å²) in [6.07, 6.45) is 14.6. The van der Waals surface area contributed by atoms with Crippen molar-refractivity contribution in [3.05, 3.63) is 34.7 Å². The minimum absolute atomic E-state index is 0.176. The van der Waals surface area contributed by atoms with Crippen molar-refractivity contribution in [2.24, 2.45) is 5.92 Å². The molecular weight excluding hydrogens is 346 g/mol. The molecule has 1 heterocycles. The van der Waals surface area contributed by atoms with Crippen molar-refractivity contribution < 1.29 is 0 Å². The molecule has 4 heteroatoms. The van der Waals surface area contributed by atoms with Crippen LogP contribution in [0.15, 0.2) is 29.1 Å². The first kappa shape index (κ1) is 19.8. The van der Waals surface area contributed by atoms with Gasteiger partial charge in [-0.15, -0.1) is 0 Å². The van der Waals surface area contributed by atoms with Crippen LogP contribution in [0.2, 0.25) is 0 Å². The maximum atomic E-state index is 13.0. The molecule has 154 valence electrons. The summed E-state index contributed by atoms with van der Waals surface area (Å²) < 4.78 is 4.01. The number of para-hydroxylation sites is 2. The molecule has 0 atom stereocenters. The van der Waals surface area contributed by atoms with Gasteiger partial charge in [0.05, 0.1) is 11.0 Å². The zero-order valence-corrected chi connectivity index (χ0v) is 17.5. The fraction of sp³-hybridized carbons (Fsp3) is 0.708. The van der Waals surface area contributed by atoms with E-state index in [1.807, 2.05) is 10.6 Å². The molecule has 1 aromatic carbocycles. The minimum Gasteiger partial charge on any atom is -0.314 e. The number of aromatic nitrogens is 2. The van der Waals surface area contributed by atoms with Gasteiger partial charge in [-0.2, -0.15) is 0 Å². The summed E-state index contributed by atoms with van der Waals surface area (Å²) in [4.78, 5) is 13.0. The standard InChI is InChI=1S/C24H37N3O/c1-2-26-22-12-8-9-13-23(22)27(24(26)28)21-16-14-20(15-17-21)25-18-19-10-6-4-3-5-7-11-19/h8-9,12-13,19-21,25H,2-7,10-11,14-18H2,1H3. The average Bonchev–Trinajstić information content (AvgIpc) is 2.99. The fourth-order valence-electron chi connectivity index (χ4n) is 5.51. The second-order valence-electron chi connectivity index (χ2n) is 9.01. The lowest BCUT2D eigenvalue weighted by atomic mass is 9.88. The van der Waals surface area contributed by atoms with Crippen molar-refractivity contribution >= 4 is 11.0 Å². The van der Waals surface area contributed by atoms with Gasteiger partial charge in [0.25, 0.3) is 0 Å². The molecule has 28 heavy (non-hydrogen) atoms. The highest BCUT2D eigenvalue weighted by molar-refractivity contribution is 5.76. The van der Waals surface area contributed by atoms with Gasteiger partial charge >= 0.3 is 5.69 Å². The van der Waals surface area contributed by atoms with E-state index in [9.17, 15) is 4.79 Å². The minimum atomic E-state index is 0.176. The summed E-state index contributed by atoms with van der Waals surface area (Å²) in [6, 6.07) is 9.28. The molecule has 2 aromatic rings. The molecule has 2 saturated carbocycles. The quantitative estimate of drug-likeness (QED) is 0.765. The third-order valence-corrected chi connectivity index (χ3v) is 7.17. The van der Waals surface area contributed by atoms with Gasteiger partial charge in [0.15, 0.2) is 0 Å². The number of fused-ring (bicyclic) bond motifs is 1. The summed E-state index contributed by atoms with van der Waals surface area (Å²) in [5.74, 6) is 0.878. The second-order valence-corrected chi connectivity index (χ2v) is 9.01. The molecule has 2 aliphatic rings. The molecule has 1 N–H and O–H groups in total. The zero-order chi connectivity index (χ0) is 19.3. The second kappa shape index (κ2) is 9.30. The first-order valence-electron chi connectivity index (χ1n) is 11.7. The van der Waals surface area contributed by atoms with E-state index < -0.39 is 0 Å². The van der Waals surface area contributed by atoms with E-state index in [0.29, 0.717) is 12.1 Å². The maximum absolute atomic E-state index is 13.0. The monoisotopic (exact) mass is 383 g/mol. The van der Waals surface area contributed by atoms with Crippen LogP contribution in [0, 0.1) is 5.92 Å². The number of hydrogen-bond acceptors (Lipinski definition) is 2. The van der Waals surface area contributed by atoms with Crippen molar-refractivity contribution in [2.45, 2.75) is 96.2 Å². The Labute approximate surface area is 169 Å². The van der Waals surface area contributed by atoms with Crippen LogP contribution in [0.25, 0.3) is 11.0 Å². The van der Waals surface area contributed by atoms with E-state index in [1.54, 1.807) is 0 Å². The largest absolute Gasteiger partial charge is 0.329 e. The van der Waals surface area contributed by atoms with E-state index in [-0.39, 0.29) is 5.69 Å².